The Kier molecular flexibility index (Phi) is 6.46. The SMILES string of the molecule is CC(C)[C@@H](C)NC(=O)CSc1nnnn1-c1ccc(OC(F)(F)F)cc1. The summed E-state index contributed by atoms with van der Waals surface area (Å²) in [7, 11) is 0. The Labute approximate surface area is 152 Å². The van der Waals surface area contributed by atoms with Crippen LogP contribution < -0.4 is 10.1 Å². The van der Waals surface area contributed by atoms with Crippen molar-refractivity contribution in [2.75, 3.05) is 5.75 Å². The molecule has 1 aromatic heterocycles. The molecule has 1 heterocycles. The van der Waals surface area contributed by atoms with Crippen LogP contribution >= 0.6 is 11.8 Å². The summed E-state index contributed by atoms with van der Waals surface area (Å²) in [5.74, 6) is -0.0656. The Morgan fingerprint density at radius 1 is 1.27 bits per heavy atom. The number of benzene rings is 1. The Bertz CT molecular complexity index is 734. The molecular weight excluding hydrogens is 371 g/mol. The number of halogens is 3. The molecule has 26 heavy (non-hydrogen) atoms. The van der Waals surface area contributed by atoms with Crippen molar-refractivity contribution in [2.45, 2.75) is 38.3 Å². The second kappa shape index (κ2) is 8.39. The minimum atomic E-state index is -4.75. The van der Waals surface area contributed by atoms with Gasteiger partial charge >= 0.3 is 6.36 Å². The van der Waals surface area contributed by atoms with Crippen molar-refractivity contribution in [1.29, 1.82) is 0 Å². The molecule has 142 valence electrons. The summed E-state index contributed by atoms with van der Waals surface area (Å²) in [5, 5.41) is 14.4. The zero-order valence-electron chi connectivity index (χ0n) is 14.3. The van der Waals surface area contributed by atoms with Crippen molar-refractivity contribution in [1.82, 2.24) is 25.5 Å². The van der Waals surface area contributed by atoms with Crippen molar-refractivity contribution in [2.24, 2.45) is 5.92 Å². The highest BCUT2D eigenvalue weighted by molar-refractivity contribution is 7.99. The highest BCUT2D eigenvalue weighted by atomic mass is 32.2. The molecule has 1 amide bonds. The van der Waals surface area contributed by atoms with Crippen LogP contribution in [0, 0.1) is 5.92 Å². The fraction of sp³-hybridized carbons (Fsp3) is 0.467. The lowest BCUT2D eigenvalue weighted by atomic mass is 10.1. The molecule has 0 bridgehead atoms. The van der Waals surface area contributed by atoms with Crippen LogP contribution in [0.25, 0.3) is 5.69 Å². The number of alkyl halides is 3. The third kappa shape index (κ3) is 5.90. The first kappa shape index (κ1) is 20.0. The quantitative estimate of drug-likeness (QED) is 0.734. The number of thioether (sulfide) groups is 1. The lowest BCUT2D eigenvalue weighted by Gasteiger charge is -2.17. The van der Waals surface area contributed by atoms with Crippen LogP contribution in [0.2, 0.25) is 0 Å². The van der Waals surface area contributed by atoms with Gasteiger partial charge in [-0.2, -0.15) is 4.68 Å². The van der Waals surface area contributed by atoms with Gasteiger partial charge in [-0.05, 0) is 47.5 Å². The Balaban J connectivity index is 2.01. The Morgan fingerprint density at radius 3 is 2.50 bits per heavy atom. The van der Waals surface area contributed by atoms with E-state index in [0.29, 0.717) is 16.8 Å². The summed E-state index contributed by atoms with van der Waals surface area (Å²) in [4.78, 5) is 11.9. The lowest BCUT2D eigenvalue weighted by molar-refractivity contribution is -0.274. The summed E-state index contributed by atoms with van der Waals surface area (Å²) in [6.07, 6.45) is -4.75. The first-order valence-corrected chi connectivity index (χ1v) is 8.71. The summed E-state index contributed by atoms with van der Waals surface area (Å²) in [5.41, 5.74) is 0.447. The van der Waals surface area contributed by atoms with E-state index in [9.17, 15) is 18.0 Å². The summed E-state index contributed by atoms with van der Waals surface area (Å²) >= 11 is 1.13. The average Bonchev–Trinajstić information content (AvgIpc) is 3.00. The molecule has 2 rings (SSSR count). The largest absolute Gasteiger partial charge is 0.573 e. The molecule has 1 aromatic carbocycles. The van der Waals surface area contributed by atoms with Crippen molar-refractivity contribution < 1.29 is 22.7 Å². The van der Waals surface area contributed by atoms with E-state index in [2.05, 4.69) is 25.6 Å². The van der Waals surface area contributed by atoms with Gasteiger partial charge in [0.1, 0.15) is 5.75 Å². The zero-order valence-corrected chi connectivity index (χ0v) is 15.1. The fourth-order valence-electron chi connectivity index (χ4n) is 1.81. The molecule has 0 radical (unpaired) electrons. The number of carbonyl (C=O) groups excluding carboxylic acids is 1. The fourth-order valence-corrected chi connectivity index (χ4v) is 2.51. The van der Waals surface area contributed by atoms with Gasteiger partial charge in [-0.3, -0.25) is 4.79 Å². The molecule has 11 heteroatoms. The van der Waals surface area contributed by atoms with Gasteiger partial charge < -0.3 is 10.1 Å². The number of ether oxygens (including phenoxy) is 1. The highest BCUT2D eigenvalue weighted by Crippen LogP contribution is 2.24. The molecule has 1 atom stereocenters. The monoisotopic (exact) mass is 389 g/mol. The molecule has 0 fully saturated rings. The maximum Gasteiger partial charge on any atom is 0.573 e. The van der Waals surface area contributed by atoms with E-state index >= 15 is 0 Å². The second-order valence-corrected chi connectivity index (χ2v) is 6.75. The van der Waals surface area contributed by atoms with Crippen molar-refractivity contribution in [3.8, 4) is 11.4 Å². The van der Waals surface area contributed by atoms with E-state index < -0.39 is 6.36 Å². The van der Waals surface area contributed by atoms with Crippen LogP contribution in [0.1, 0.15) is 20.8 Å². The van der Waals surface area contributed by atoms with E-state index in [4.69, 9.17) is 0 Å². The molecule has 0 aliphatic rings. The molecule has 2 aromatic rings. The first-order valence-electron chi connectivity index (χ1n) is 7.72. The van der Waals surface area contributed by atoms with Crippen LogP contribution in [0.3, 0.4) is 0 Å². The van der Waals surface area contributed by atoms with E-state index in [1.54, 1.807) is 0 Å². The predicted molar refractivity (Wildman–Crippen MR) is 89.0 cm³/mol. The van der Waals surface area contributed by atoms with Crippen LogP contribution in [0.15, 0.2) is 29.4 Å². The number of hydrogen-bond donors (Lipinski definition) is 1. The Morgan fingerprint density at radius 2 is 1.92 bits per heavy atom. The zero-order chi connectivity index (χ0) is 19.3. The molecule has 0 aliphatic carbocycles. The molecule has 1 N–H and O–H groups in total. The maximum atomic E-state index is 12.2. The van der Waals surface area contributed by atoms with Gasteiger partial charge in [0.2, 0.25) is 11.1 Å². The average molecular weight is 389 g/mol. The minimum absolute atomic E-state index is 0.0419. The van der Waals surface area contributed by atoms with Crippen LogP contribution in [0.4, 0.5) is 13.2 Å². The molecule has 7 nitrogen and oxygen atoms in total. The van der Waals surface area contributed by atoms with Gasteiger partial charge in [0.25, 0.3) is 0 Å². The normalized spacial score (nSPS) is 12.9. The number of amides is 1. The van der Waals surface area contributed by atoms with E-state index in [-0.39, 0.29) is 23.5 Å². The standard InChI is InChI=1S/C15H18F3N5O2S/c1-9(2)10(3)19-13(24)8-26-14-20-21-22-23(14)11-4-6-12(7-5-11)25-15(16,17)18/h4-7,9-10H,8H2,1-3H3,(H,19,24)/t10-/m1/s1. The molecule has 0 saturated heterocycles. The summed E-state index contributed by atoms with van der Waals surface area (Å²) in [6, 6.07) is 5.15. The van der Waals surface area contributed by atoms with Crippen molar-refractivity contribution in [3.05, 3.63) is 24.3 Å². The van der Waals surface area contributed by atoms with Gasteiger partial charge in [0.05, 0.1) is 11.4 Å². The van der Waals surface area contributed by atoms with Crippen LogP contribution in [0.5, 0.6) is 5.75 Å². The molecule has 0 spiro atoms. The van der Waals surface area contributed by atoms with E-state index in [0.717, 1.165) is 23.9 Å². The van der Waals surface area contributed by atoms with Gasteiger partial charge in [0, 0.05) is 6.04 Å². The predicted octanol–water partition coefficient (Wildman–Crippen LogP) is 2.81. The van der Waals surface area contributed by atoms with E-state index in [1.165, 1.54) is 16.8 Å². The number of hydrogen-bond acceptors (Lipinski definition) is 6. The second-order valence-electron chi connectivity index (χ2n) is 5.80. The number of rotatable bonds is 7. The minimum Gasteiger partial charge on any atom is -0.406 e. The molecular formula is C15H18F3N5O2S. The number of tetrazole rings is 1. The van der Waals surface area contributed by atoms with Gasteiger partial charge in [-0.1, -0.05) is 25.6 Å². The number of carbonyl (C=O) groups is 1. The van der Waals surface area contributed by atoms with Gasteiger partial charge in [-0.25, -0.2) is 0 Å². The topological polar surface area (TPSA) is 81.9 Å². The van der Waals surface area contributed by atoms with Crippen LogP contribution in [-0.2, 0) is 4.79 Å². The molecule has 0 aliphatic heterocycles. The highest BCUT2D eigenvalue weighted by Gasteiger charge is 2.31. The Hall–Kier alpha value is -2.30. The molecule has 0 unspecified atom stereocenters. The van der Waals surface area contributed by atoms with Crippen LogP contribution in [-0.4, -0.2) is 44.3 Å². The van der Waals surface area contributed by atoms with Crippen molar-refractivity contribution in [3.63, 3.8) is 0 Å². The van der Waals surface area contributed by atoms with E-state index in [1.807, 2.05) is 20.8 Å². The van der Waals surface area contributed by atoms with Crippen molar-refractivity contribution >= 4 is 17.7 Å². The summed E-state index contributed by atoms with van der Waals surface area (Å²) < 4.78 is 41.7. The number of nitrogens with one attached hydrogen (secondary N) is 1. The van der Waals surface area contributed by atoms with Gasteiger partial charge in [0.15, 0.2) is 0 Å². The third-order valence-electron chi connectivity index (χ3n) is 3.48. The first-order chi connectivity index (χ1) is 12.2. The third-order valence-corrected chi connectivity index (χ3v) is 4.40. The van der Waals surface area contributed by atoms with Gasteiger partial charge in [-0.15, -0.1) is 18.3 Å². The smallest absolute Gasteiger partial charge is 0.406 e. The number of nitrogens with zero attached hydrogens (tertiary/aromatic N) is 4. The lowest BCUT2D eigenvalue weighted by Crippen LogP contribution is -2.37. The number of aromatic nitrogens is 4. The summed E-state index contributed by atoms with van der Waals surface area (Å²) in [6.45, 7) is 5.93. The maximum absolute atomic E-state index is 12.2. The molecule has 0 saturated carbocycles.